The van der Waals surface area contributed by atoms with Gasteiger partial charge in [0.1, 0.15) is 6.10 Å². The summed E-state index contributed by atoms with van der Waals surface area (Å²) < 4.78 is 4.32. The molecule has 0 unspecified atom stereocenters. The summed E-state index contributed by atoms with van der Waals surface area (Å²) in [5.74, 6) is -2.78. The topological polar surface area (TPSA) is 107 Å². The van der Waals surface area contributed by atoms with Gasteiger partial charge in [-0.15, -0.1) is 0 Å². The predicted molar refractivity (Wildman–Crippen MR) is 41.0 cm³/mol. The Labute approximate surface area is 103 Å². The molecule has 0 saturated carbocycles. The molecule has 2 radical (unpaired) electrons. The van der Waals surface area contributed by atoms with E-state index in [1.807, 2.05) is 0 Å². The van der Waals surface area contributed by atoms with Crippen LogP contribution in [0.2, 0.25) is 0 Å². The van der Waals surface area contributed by atoms with Crippen molar-refractivity contribution in [2.75, 3.05) is 6.61 Å². The maximum absolute atomic E-state index is 10.5. The van der Waals surface area contributed by atoms with Gasteiger partial charge < -0.3 is 25.2 Å². The molecule has 0 fully saturated rings. The van der Waals surface area contributed by atoms with Crippen molar-refractivity contribution < 1.29 is 30.0 Å². The molecular weight excluding hydrogens is 208 g/mol. The van der Waals surface area contributed by atoms with Crippen LogP contribution in [-0.4, -0.2) is 82.9 Å². The van der Waals surface area contributed by atoms with Crippen LogP contribution in [0.5, 0.6) is 0 Å². The molecular formula is C6H8CaO6. The van der Waals surface area contributed by atoms with Gasteiger partial charge in [0, 0.05) is 37.7 Å². The fourth-order valence-corrected chi connectivity index (χ4v) is 0.823. The van der Waals surface area contributed by atoms with Crippen LogP contribution in [0.15, 0.2) is 11.5 Å². The third kappa shape index (κ3) is 2.47. The Morgan fingerprint density at radius 1 is 1.46 bits per heavy atom. The van der Waals surface area contributed by atoms with Crippen molar-refractivity contribution >= 4 is 43.7 Å². The van der Waals surface area contributed by atoms with Crippen molar-refractivity contribution in [3.05, 3.63) is 11.5 Å². The number of ether oxygens (including phenoxy) is 1. The fraction of sp³-hybridized carbons (Fsp3) is 0.500. The number of aliphatic hydroxyl groups excluding tert-OH is 4. The molecule has 1 aliphatic heterocycles. The number of esters is 1. The number of rotatable bonds is 2. The zero-order valence-electron chi connectivity index (χ0n) is 6.67. The van der Waals surface area contributed by atoms with E-state index in [9.17, 15) is 4.79 Å². The number of hydrogen-bond donors (Lipinski definition) is 4. The van der Waals surface area contributed by atoms with Crippen molar-refractivity contribution in [1.29, 1.82) is 0 Å². The summed E-state index contributed by atoms with van der Waals surface area (Å²) in [6.45, 7) is -0.671. The third-order valence-corrected chi connectivity index (χ3v) is 1.48. The molecule has 0 bridgehead atoms. The maximum atomic E-state index is 10.5. The minimum absolute atomic E-state index is 0. The Morgan fingerprint density at radius 3 is 2.31 bits per heavy atom. The average molecular weight is 216 g/mol. The zero-order chi connectivity index (χ0) is 9.30. The molecule has 0 aliphatic carbocycles. The van der Waals surface area contributed by atoms with Crippen LogP contribution < -0.4 is 0 Å². The van der Waals surface area contributed by atoms with E-state index in [-0.39, 0.29) is 37.7 Å². The second-order valence-electron chi connectivity index (χ2n) is 2.31. The molecule has 7 heteroatoms. The molecule has 0 spiro atoms. The first kappa shape index (κ1) is 13.0. The van der Waals surface area contributed by atoms with E-state index in [0.29, 0.717) is 0 Å². The largest absolute Gasteiger partial charge is 0.505 e. The molecule has 0 saturated heterocycles. The van der Waals surface area contributed by atoms with Gasteiger partial charge in [-0.05, 0) is 0 Å². The smallest absolute Gasteiger partial charge is 0.377 e. The normalized spacial score (nSPS) is 23.8. The Balaban J connectivity index is 0.00000144. The molecule has 1 rings (SSSR count). The first-order chi connectivity index (χ1) is 5.57. The van der Waals surface area contributed by atoms with Crippen LogP contribution in [0.25, 0.3) is 0 Å². The van der Waals surface area contributed by atoms with Gasteiger partial charge in [-0.25, -0.2) is 4.79 Å². The summed E-state index contributed by atoms with van der Waals surface area (Å²) >= 11 is 0. The number of carbonyl (C=O) groups is 1. The molecule has 13 heavy (non-hydrogen) atoms. The maximum Gasteiger partial charge on any atom is 0.377 e. The number of cyclic esters (lactones) is 1. The Kier molecular flexibility index (Phi) is 5.01. The predicted octanol–water partition coefficient (Wildman–Crippen LogP) is -1.79. The minimum Gasteiger partial charge on any atom is -0.505 e. The van der Waals surface area contributed by atoms with Gasteiger partial charge in [0.15, 0.2) is 11.9 Å². The molecule has 0 aromatic rings. The average Bonchev–Trinajstić information content (AvgIpc) is 2.32. The van der Waals surface area contributed by atoms with Crippen LogP contribution in [0.3, 0.4) is 0 Å². The summed E-state index contributed by atoms with van der Waals surface area (Å²) in [4.78, 5) is 10.5. The van der Waals surface area contributed by atoms with Crippen molar-refractivity contribution in [3.63, 3.8) is 0 Å². The molecule has 1 heterocycles. The van der Waals surface area contributed by atoms with E-state index >= 15 is 0 Å². The first-order valence-electron chi connectivity index (χ1n) is 3.20. The summed E-state index contributed by atoms with van der Waals surface area (Å²) in [5, 5.41) is 35.0. The number of aliphatic hydroxyl groups is 4. The Morgan fingerprint density at radius 2 is 2.00 bits per heavy atom. The van der Waals surface area contributed by atoms with Crippen molar-refractivity contribution in [2.24, 2.45) is 0 Å². The summed E-state index contributed by atoms with van der Waals surface area (Å²) in [7, 11) is 0. The monoisotopic (exact) mass is 216 g/mol. The van der Waals surface area contributed by atoms with Gasteiger partial charge in [0.2, 0.25) is 5.76 Å². The van der Waals surface area contributed by atoms with Crippen LogP contribution in [0.1, 0.15) is 0 Å². The summed E-state index contributed by atoms with van der Waals surface area (Å²) in [6.07, 6.45) is -2.78. The Bertz CT molecular complexity index is 237. The summed E-state index contributed by atoms with van der Waals surface area (Å²) in [5.41, 5.74) is 0. The number of carbonyl (C=O) groups excluding carboxylic acids is 1. The first-order valence-corrected chi connectivity index (χ1v) is 3.20. The molecule has 1 aliphatic rings. The minimum atomic E-state index is -1.42. The van der Waals surface area contributed by atoms with Crippen molar-refractivity contribution in [2.45, 2.75) is 12.2 Å². The molecule has 0 aromatic heterocycles. The van der Waals surface area contributed by atoms with Crippen LogP contribution in [-0.2, 0) is 9.53 Å². The second-order valence-corrected chi connectivity index (χ2v) is 2.31. The van der Waals surface area contributed by atoms with E-state index < -0.39 is 36.3 Å². The van der Waals surface area contributed by atoms with Gasteiger partial charge in [-0.1, -0.05) is 0 Å². The fourth-order valence-electron chi connectivity index (χ4n) is 0.823. The molecule has 2 atom stereocenters. The van der Waals surface area contributed by atoms with E-state index in [1.165, 1.54) is 0 Å². The van der Waals surface area contributed by atoms with Gasteiger partial charge in [0.05, 0.1) is 6.61 Å². The second kappa shape index (κ2) is 5.02. The number of hydrogen-bond acceptors (Lipinski definition) is 6. The van der Waals surface area contributed by atoms with Gasteiger partial charge >= 0.3 is 5.97 Å². The van der Waals surface area contributed by atoms with Crippen molar-refractivity contribution in [3.8, 4) is 0 Å². The summed E-state index contributed by atoms with van der Waals surface area (Å²) in [6, 6.07) is 0. The van der Waals surface area contributed by atoms with Crippen LogP contribution in [0.4, 0.5) is 0 Å². The van der Waals surface area contributed by atoms with Crippen LogP contribution >= 0.6 is 0 Å². The van der Waals surface area contributed by atoms with Crippen molar-refractivity contribution in [1.82, 2.24) is 0 Å². The van der Waals surface area contributed by atoms with Gasteiger partial charge in [-0.3, -0.25) is 0 Å². The van der Waals surface area contributed by atoms with Gasteiger partial charge in [0.25, 0.3) is 0 Å². The van der Waals surface area contributed by atoms with Gasteiger partial charge in [-0.2, -0.15) is 0 Å². The molecule has 70 valence electrons. The van der Waals surface area contributed by atoms with Crippen LogP contribution in [0, 0.1) is 0 Å². The van der Waals surface area contributed by atoms with E-state index in [2.05, 4.69) is 4.74 Å². The molecule has 6 nitrogen and oxygen atoms in total. The quantitative estimate of drug-likeness (QED) is 0.321. The molecule has 0 amide bonds. The standard InChI is InChI=1S/C6H8O6.Ca/c7-1-2(8)5-3(9)4(10)6(11)12-5;/h2,5,7-10H,1H2;/t2-,5+;/m0./s1. The molecule has 0 aromatic carbocycles. The third-order valence-electron chi connectivity index (χ3n) is 1.48. The molecule has 4 N–H and O–H groups in total. The van der Waals surface area contributed by atoms with E-state index in [4.69, 9.17) is 20.4 Å². The van der Waals surface area contributed by atoms with E-state index in [0.717, 1.165) is 0 Å². The SMILES string of the molecule is O=C1O[C@H]([C@@H](O)CO)C(O)=C1O.[Ca]. The zero-order valence-corrected chi connectivity index (χ0v) is 8.88. The Hall–Kier alpha value is -0.0103. The van der Waals surface area contributed by atoms with E-state index in [1.54, 1.807) is 0 Å².